The topological polar surface area (TPSA) is 35.5 Å². The molecule has 0 heterocycles. The molecule has 24 heavy (non-hydrogen) atoms. The minimum absolute atomic E-state index is 0.231. The number of ether oxygens (including phenoxy) is 2. The third kappa shape index (κ3) is 5.20. The van der Waals surface area contributed by atoms with E-state index in [2.05, 4.69) is 9.47 Å². The molecule has 128 valence electrons. The van der Waals surface area contributed by atoms with Crippen LogP contribution in [0.15, 0.2) is 48.5 Å². The van der Waals surface area contributed by atoms with Gasteiger partial charge < -0.3 is 9.47 Å². The Kier molecular flexibility index (Phi) is 5.54. The predicted molar refractivity (Wildman–Crippen MR) is 85.3 cm³/mol. The zero-order valence-electron chi connectivity index (χ0n) is 11.6. The Hall–Kier alpha value is -1.61. The number of rotatable bonds is 6. The second kappa shape index (κ2) is 7.10. The molecule has 0 spiro atoms. The van der Waals surface area contributed by atoms with E-state index < -0.39 is 27.3 Å². The van der Waals surface area contributed by atoms with Crippen LogP contribution in [0, 0.1) is 0 Å². The van der Waals surface area contributed by atoms with E-state index in [1.165, 1.54) is 36.4 Å². The normalized spacial score (nSPS) is 11.9. The first-order valence-corrected chi connectivity index (χ1v) is 7.90. The van der Waals surface area contributed by atoms with Crippen molar-refractivity contribution < 1.29 is 31.8 Å². The van der Waals surface area contributed by atoms with Crippen molar-refractivity contribution >= 4 is 37.6 Å². The smallest absolute Gasteiger partial charge is 0.423 e. The summed E-state index contributed by atoms with van der Waals surface area (Å²) in [5.74, 6) is -1.63. The average molecular weight is 472 g/mol. The van der Waals surface area contributed by atoms with Crippen LogP contribution in [0.5, 0.6) is 11.5 Å². The third-order valence-corrected chi connectivity index (χ3v) is 3.04. The molecule has 0 unspecified atom stereocenters. The standard InChI is InChI=1S/C15H8Br2F4O3/c16-14(18,19)23-11-7-3-1-5-9(11)13(22)10-6-2-4-8-12(10)24-15(17,20)21/h1-8H. The van der Waals surface area contributed by atoms with Gasteiger partial charge in [0.1, 0.15) is 11.5 Å². The van der Waals surface area contributed by atoms with Gasteiger partial charge in [-0.05, 0) is 24.3 Å². The van der Waals surface area contributed by atoms with Gasteiger partial charge in [-0.1, -0.05) is 24.3 Å². The van der Waals surface area contributed by atoms with Crippen molar-refractivity contribution in [3.63, 3.8) is 0 Å². The molecular weight excluding hydrogens is 464 g/mol. The van der Waals surface area contributed by atoms with Crippen LogP contribution in [0.1, 0.15) is 15.9 Å². The molecule has 0 saturated heterocycles. The molecule has 0 saturated carbocycles. The molecule has 0 aliphatic carbocycles. The minimum Gasteiger partial charge on any atom is -0.423 e. The molecular formula is C15H8Br2F4O3. The maximum atomic E-state index is 13.0. The van der Waals surface area contributed by atoms with E-state index in [4.69, 9.17) is 0 Å². The Morgan fingerprint density at radius 2 is 1.08 bits per heavy atom. The lowest BCUT2D eigenvalue weighted by molar-refractivity contribution is -0.0808. The molecule has 0 N–H and O–H groups in total. The number of ketones is 1. The van der Waals surface area contributed by atoms with Crippen molar-refractivity contribution in [3.05, 3.63) is 59.7 Å². The first-order valence-electron chi connectivity index (χ1n) is 6.31. The summed E-state index contributed by atoms with van der Waals surface area (Å²) in [6.45, 7) is 0. The van der Waals surface area contributed by atoms with Gasteiger partial charge in [0.15, 0.2) is 5.78 Å². The number of hydrogen-bond acceptors (Lipinski definition) is 3. The molecule has 0 bridgehead atoms. The second-order valence-electron chi connectivity index (χ2n) is 4.42. The molecule has 2 aromatic rings. The highest BCUT2D eigenvalue weighted by molar-refractivity contribution is 9.10. The first-order chi connectivity index (χ1) is 11.1. The summed E-state index contributed by atoms with van der Waals surface area (Å²) in [7, 11) is 0. The van der Waals surface area contributed by atoms with Gasteiger partial charge >= 0.3 is 10.0 Å². The number of hydrogen-bond donors (Lipinski definition) is 0. The van der Waals surface area contributed by atoms with E-state index in [9.17, 15) is 22.4 Å². The van der Waals surface area contributed by atoms with Crippen LogP contribution in [0.3, 0.4) is 0 Å². The van der Waals surface area contributed by atoms with Crippen LogP contribution in [-0.2, 0) is 0 Å². The van der Waals surface area contributed by atoms with Crippen molar-refractivity contribution in [2.45, 2.75) is 10.0 Å². The maximum absolute atomic E-state index is 13.0. The summed E-state index contributed by atoms with van der Waals surface area (Å²) in [5.41, 5.74) is -0.462. The van der Waals surface area contributed by atoms with E-state index in [0.29, 0.717) is 0 Å². The fourth-order valence-corrected chi connectivity index (χ4v) is 2.23. The van der Waals surface area contributed by atoms with Gasteiger partial charge in [0.2, 0.25) is 0 Å². The molecule has 0 amide bonds. The number of carbonyl (C=O) groups is 1. The summed E-state index contributed by atoms with van der Waals surface area (Å²) in [5, 5.41) is -7.38. The average Bonchev–Trinajstić information content (AvgIpc) is 2.44. The van der Waals surface area contributed by atoms with Gasteiger partial charge in [-0.15, -0.1) is 0 Å². The maximum Gasteiger partial charge on any atom is 0.459 e. The molecule has 0 aliphatic heterocycles. The van der Waals surface area contributed by atoms with Gasteiger partial charge in [-0.25, -0.2) is 0 Å². The molecule has 0 aromatic heterocycles. The van der Waals surface area contributed by atoms with Crippen LogP contribution >= 0.6 is 31.9 Å². The molecule has 9 heteroatoms. The Balaban J connectivity index is 2.44. The van der Waals surface area contributed by atoms with E-state index in [1.807, 2.05) is 31.9 Å². The summed E-state index contributed by atoms with van der Waals surface area (Å²) >= 11 is 4.02. The monoisotopic (exact) mass is 470 g/mol. The van der Waals surface area contributed by atoms with E-state index in [1.54, 1.807) is 0 Å². The van der Waals surface area contributed by atoms with Gasteiger partial charge in [0.25, 0.3) is 0 Å². The summed E-state index contributed by atoms with van der Waals surface area (Å²) < 4.78 is 60.8. The third-order valence-electron chi connectivity index (χ3n) is 2.71. The Labute approximate surface area is 150 Å². The Morgan fingerprint density at radius 1 is 0.750 bits per heavy atom. The highest BCUT2D eigenvalue weighted by atomic mass is 79.9. The van der Waals surface area contributed by atoms with E-state index in [-0.39, 0.29) is 11.1 Å². The number of para-hydroxylation sites is 2. The number of alkyl halides is 6. The highest BCUT2D eigenvalue weighted by Gasteiger charge is 2.31. The number of halogens is 6. The van der Waals surface area contributed by atoms with Crippen LogP contribution < -0.4 is 9.47 Å². The lowest BCUT2D eigenvalue weighted by Crippen LogP contribution is -2.19. The largest absolute Gasteiger partial charge is 0.459 e. The van der Waals surface area contributed by atoms with Gasteiger partial charge in [0.05, 0.1) is 11.1 Å². The zero-order valence-corrected chi connectivity index (χ0v) is 14.8. The van der Waals surface area contributed by atoms with Crippen LogP contribution in [-0.4, -0.2) is 15.8 Å². The SMILES string of the molecule is O=C(c1ccccc1OC(F)(F)Br)c1ccccc1OC(F)(F)Br. The van der Waals surface area contributed by atoms with Gasteiger partial charge in [-0.3, -0.25) is 4.79 Å². The predicted octanol–water partition coefficient (Wildman–Crippen LogP) is 5.57. The quantitative estimate of drug-likeness (QED) is 0.314. The van der Waals surface area contributed by atoms with Gasteiger partial charge in [0, 0.05) is 31.9 Å². The molecule has 0 aliphatic rings. The summed E-state index contributed by atoms with van der Waals surface area (Å²) in [6.07, 6.45) is 0. The minimum atomic E-state index is -3.69. The van der Waals surface area contributed by atoms with Crippen molar-refractivity contribution in [1.29, 1.82) is 0 Å². The van der Waals surface area contributed by atoms with Crippen molar-refractivity contribution in [2.75, 3.05) is 0 Å². The molecule has 3 nitrogen and oxygen atoms in total. The lowest BCUT2D eigenvalue weighted by atomic mass is 10.0. The van der Waals surface area contributed by atoms with E-state index in [0.717, 1.165) is 12.1 Å². The van der Waals surface area contributed by atoms with E-state index >= 15 is 0 Å². The van der Waals surface area contributed by atoms with Crippen molar-refractivity contribution in [3.8, 4) is 11.5 Å². The van der Waals surface area contributed by atoms with Crippen LogP contribution in [0.25, 0.3) is 0 Å². The molecule has 0 radical (unpaired) electrons. The van der Waals surface area contributed by atoms with Gasteiger partial charge in [-0.2, -0.15) is 17.6 Å². The fourth-order valence-electron chi connectivity index (χ4n) is 1.88. The first kappa shape index (κ1) is 18.7. The lowest BCUT2D eigenvalue weighted by Gasteiger charge is -2.16. The molecule has 2 rings (SSSR count). The van der Waals surface area contributed by atoms with Crippen molar-refractivity contribution in [2.24, 2.45) is 0 Å². The fraction of sp³-hybridized carbons (Fsp3) is 0.133. The second-order valence-corrected chi connectivity index (χ2v) is 6.26. The van der Waals surface area contributed by atoms with Crippen LogP contribution in [0.2, 0.25) is 0 Å². The zero-order chi connectivity index (χ0) is 18.0. The highest BCUT2D eigenvalue weighted by Crippen LogP contribution is 2.34. The Bertz CT molecular complexity index is 680. The van der Waals surface area contributed by atoms with Crippen molar-refractivity contribution in [1.82, 2.24) is 0 Å². The summed E-state index contributed by atoms with van der Waals surface area (Å²) in [4.78, 5) is 12.6. The number of carbonyl (C=O) groups excluding carboxylic acids is 1. The summed E-state index contributed by atoms with van der Waals surface area (Å²) in [6, 6.07) is 10.4. The molecule has 2 aromatic carbocycles. The van der Waals surface area contributed by atoms with Crippen LogP contribution in [0.4, 0.5) is 17.6 Å². The number of benzene rings is 2. The Morgan fingerprint density at radius 3 is 1.42 bits per heavy atom. The molecule has 0 atom stereocenters. The molecule has 0 fully saturated rings.